The Labute approximate surface area is 197 Å². The first-order valence-electron chi connectivity index (χ1n) is 12.0. The fraction of sp³-hybridized carbons (Fsp3) is 0.560. The topological polar surface area (TPSA) is 85.0 Å². The van der Waals surface area contributed by atoms with Crippen LogP contribution in [0.25, 0.3) is 0 Å². The maximum absolute atomic E-state index is 12.7. The maximum Gasteiger partial charge on any atom is 0.317 e. The number of anilines is 2. The first-order valence-corrected chi connectivity index (χ1v) is 12.0. The number of carbonyl (C=O) groups is 3. The number of hydrogen-bond acceptors (Lipinski definition) is 4. The molecule has 0 unspecified atom stereocenters. The van der Waals surface area contributed by atoms with Crippen molar-refractivity contribution in [3.05, 3.63) is 36.9 Å². The Hall–Kier alpha value is -3.03. The average molecular weight is 456 g/mol. The molecule has 1 aliphatic heterocycles. The molecule has 4 amide bonds. The summed E-state index contributed by atoms with van der Waals surface area (Å²) in [4.78, 5) is 43.1. The Bertz CT molecular complexity index is 825. The van der Waals surface area contributed by atoms with E-state index in [-0.39, 0.29) is 36.3 Å². The van der Waals surface area contributed by atoms with Crippen LogP contribution in [0.1, 0.15) is 39.5 Å². The molecule has 0 bridgehead atoms. The van der Waals surface area contributed by atoms with Gasteiger partial charge in [-0.25, -0.2) is 4.79 Å². The molecule has 2 N–H and O–H groups in total. The van der Waals surface area contributed by atoms with E-state index in [2.05, 4.69) is 22.1 Å². The minimum atomic E-state index is -0.208. The lowest BCUT2D eigenvalue weighted by Crippen LogP contribution is -2.52. The van der Waals surface area contributed by atoms with Crippen molar-refractivity contribution in [3.63, 3.8) is 0 Å². The summed E-state index contributed by atoms with van der Waals surface area (Å²) >= 11 is 0. The van der Waals surface area contributed by atoms with Gasteiger partial charge < -0.3 is 25.3 Å². The zero-order valence-corrected chi connectivity index (χ0v) is 19.9. The van der Waals surface area contributed by atoms with Crippen molar-refractivity contribution in [2.75, 3.05) is 49.5 Å². The predicted octanol–water partition coefficient (Wildman–Crippen LogP) is 3.07. The molecule has 1 aromatic carbocycles. The van der Waals surface area contributed by atoms with E-state index in [0.717, 1.165) is 44.5 Å². The van der Waals surface area contributed by atoms with Crippen LogP contribution in [0.2, 0.25) is 0 Å². The van der Waals surface area contributed by atoms with Gasteiger partial charge in [-0.2, -0.15) is 0 Å². The van der Waals surface area contributed by atoms with E-state index >= 15 is 0 Å². The summed E-state index contributed by atoms with van der Waals surface area (Å²) in [5.74, 6) is -0.117. The third kappa shape index (κ3) is 6.97. The number of amides is 4. The second-order valence-electron chi connectivity index (χ2n) is 9.16. The van der Waals surface area contributed by atoms with E-state index in [9.17, 15) is 14.4 Å². The van der Waals surface area contributed by atoms with Gasteiger partial charge in [0, 0.05) is 56.1 Å². The monoisotopic (exact) mass is 455 g/mol. The lowest BCUT2D eigenvalue weighted by Gasteiger charge is -2.36. The predicted molar refractivity (Wildman–Crippen MR) is 131 cm³/mol. The summed E-state index contributed by atoms with van der Waals surface area (Å²) in [5.41, 5.74) is 1.76. The van der Waals surface area contributed by atoms with Gasteiger partial charge in [-0.1, -0.05) is 18.9 Å². The molecule has 3 rings (SSSR count). The van der Waals surface area contributed by atoms with Gasteiger partial charge in [0.15, 0.2) is 0 Å². The summed E-state index contributed by atoms with van der Waals surface area (Å²) < 4.78 is 0. The number of rotatable bonds is 8. The Morgan fingerprint density at radius 2 is 1.73 bits per heavy atom. The van der Waals surface area contributed by atoms with Crippen LogP contribution in [-0.4, -0.2) is 73.0 Å². The SMILES string of the molecule is C=CCN(CC(=O)Nc1ccc(N2CCN(C(=O)NC(C)C)CC2)cc1)C(=O)C1CCCC1. The van der Waals surface area contributed by atoms with Gasteiger partial charge in [-0.15, -0.1) is 6.58 Å². The number of carbonyl (C=O) groups excluding carboxylic acids is 3. The lowest BCUT2D eigenvalue weighted by atomic mass is 10.1. The standard InChI is InChI=1S/C25H37N5O3/c1-4-13-30(24(32)20-7-5-6-8-20)18-23(31)27-21-9-11-22(12-10-21)28-14-16-29(17-15-28)25(33)26-19(2)3/h4,9-12,19-20H,1,5-8,13-18H2,2-3H3,(H,26,33)(H,27,31). The Morgan fingerprint density at radius 1 is 1.09 bits per heavy atom. The first-order chi connectivity index (χ1) is 15.9. The molecule has 8 nitrogen and oxygen atoms in total. The van der Waals surface area contributed by atoms with Crippen LogP contribution >= 0.6 is 0 Å². The molecule has 0 aromatic heterocycles. The third-order valence-corrected chi connectivity index (χ3v) is 6.20. The molecular formula is C25H37N5O3. The smallest absolute Gasteiger partial charge is 0.317 e. The summed E-state index contributed by atoms with van der Waals surface area (Å²) in [6.45, 7) is 10.9. The van der Waals surface area contributed by atoms with E-state index in [1.165, 1.54) is 0 Å². The fourth-order valence-electron chi connectivity index (χ4n) is 4.45. The summed E-state index contributed by atoms with van der Waals surface area (Å²) in [7, 11) is 0. The van der Waals surface area contributed by atoms with Gasteiger partial charge in [-0.3, -0.25) is 9.59 Å². The van der Waals surface area contributed by atoms with Gasteiger partial charge in [0.2, 0.25) is 11.8 Å². The third-order valence-electron chi connectivity index (χ3n) is 6.20. The first kappa shape index (κ1) is 24.6. The minimum Gasteiger partial charge on any atom is -0.368 e. The van der Waals surface area contributed by atoms with Crippen LogP contribution in [0.3, 0.4) is 0 Å². The minimum absolute atomic E-state index is 0.0142. The molecule has 2 aliphatic rings. The quantitative estimate of drug-likeness (QED) is 0.590. The fourth-order valence-corrected chi connectivity index (χ4v) is 4.45. The zero-order valence-electron chi connectivity index (χ0n) is 19.9. The Balaban J connectivity index is 1.49. The normalized spacial score (nSPS) is 16.6. The molecule has 8 heteroatoms. The van der Waals surface area contributed by atoms with Crippen LogP contribution in [0.5, 0.6) is 0 Å². The van der Waals surface area contributed by atoms with Crippen LogP contribution in [0.4, 0.5) is 16.2 Å². The molecule has 1 aromatic rings. The maximum atomic E-state index is 12.7. The van der Waals surface area contributed by atoms with Crippen LogP contribution in [0.15, 0.2) is 36.9 Å². The molecule has 1 saturated heterocycles. The zero-order chi connectivity index (χ0) is 23.8. The van der Waals surface area contributed by atoms with Crippen molar-refractivity contribution in [1.82, 2.24) is 15.1 Å². The van der Waals surface area contributed by atoms with Gasteiger partial charge in [0.25, 0.3) is 0 Å². The second-order valence-corrected chi connectivity index (χ2v) is 9.16. The molecule has 1 saturated carbocycles. The van der Waals surface area contributed by atoms with Crippen LogP contribution in [-0.2, 0) is 9.59 Å². The van der Waals surface area contributed by atoms with Crippen molar-refractivity contribution in [2.24, 2.45) is 5.92 Å². The summed E-state index contributed by atoms with van der Waals surface area (Å²) in [6.07, 6.45) is 5.65. The average Bonchev–Trinajstić information content (AvgIpc) is 3.33. The van der Waals surface area contributed by atoms with E-state index in [1.54, 1.807) is 11.0 Å². The van der Waals surface area contributed by atoms with Crippen LogP contribution < -0.4 is 15.5 Å². The van der Waals surface area contributed by atoms with Crippen molar-refractivity contribution >= 4 is 29.2 Å². The highest BCUT2D eigenvalue weighted by atomic mass is 16.2. The van der Waals surface area contributed by atoms with Crippen molar-refractivity contribution < 1.29 is 14.4 Å². The molecule has 0 atom stereocenters. The molecular weight excluding hydrogens is 418 g/mol. The van der Waals surface area contributed by atoms with Gasteiger partial charge in [0.1, 0.15) is 6.54 Å². The number of benzene rings is 1. The van der Waals surface area contributed by atoms with E-state index in [0.29, 0.717) is 25.3 Å². The van der Waals surface area contributed by atoms with E-state index in [4.69, 9.17) is 0 Å². The molecule has 33 heavy (non-hydrogen) atoms. The Kier molecular flexibility index (Phi) is 8.74. The number of piperazine rings is 1. The molecule has 180 valence electrons. The largest absolute Gasteiger partial charge is 0.368 e. The van der Waals surface area contributed by atoms with Gasteiger partial charge >= 0.3 is 6.03 Å². The number of nitrogens with zero attached hydrogens (tertiary/aromatic N) is 3. The molecule has 0 radical (unpaired) electrons. The highest BCUT2D eigenvalue weighted by Gasteiger charge is 2.28. The number of urea groups is 1. The molecule has 2 fully saturated rings. The van der Waals surface area contributed by atoms with E-state index in [1.807, 2.05) is 43.0 Å². The highest BCUT2D eigenvalue weighted by Crippen LogP contribution is 2.26. The van der Waals surface area contributed by atoms with Crippen molar-refractivity contribution in [2.45, 2.75) is 45.6 Å². The number of nitrogens with one attached hydrogen (secondary N) is 2. The Morgan fingerprint density at radius 3 is 2.30 bits per heavy atom. The van der Waals surface area contributed by atoms with Crippen molar-refractivity contribution in [3.8, 4) is 0 Å². The highest BCUT2D eigenvalue weighted by molar-refractivity contribution is 5.95. The molecule has 1 aliphatic carbocycles. The van der Waals surface area contributed by atoms with Gasteiger partial charge in [0.05, 0.1) is 0 Å². The second kappa shape index (κ2) is 11.7. The summed E-state index contributed by atoms with van der Waals surface area (Å²) in [6, 6.07) is 7.82. The number of hydrogen-bond donors (Lipinski definition) is 2. The lowest BCUT2D eigenvalue weighted by molar-refractivity contribution is -0.137. The summed E-state index contributed by atoms with van der Waals surface area (Å²) in [5, 5.41) is 5.83. The van der Waals surface area contributed by atoms with Crippen LogP contribution in [0, 0.1) is 5.92 Å². The molecule has 1 heterocycles. The molecule has 0 spiro atoms. The van der Waals surface area contributed by atoms with E-state index < -0.39 is 0 Å². The van der Waals surface area contributed by atoms with Gasteiger partial charge in [-0.05, 0) is 51.0 Å². The van der Waals surface area contributed by atoms with Crippen molar-refractivity contribution in [1.29, 1.82) is 0 Å².